The van der Waals surface area contributed by atoms with Gasteiger partial charge >= 0.3 is 5.97 Å². The maximum absolute atomic E-state index is 12.7. The first-order chi connectivity index (χ1) is 14.1. The van der Waals surface area contributed by atoms with Crippen LogP contribution in [0.25, 0.3) is 31.5 Å². The fourth-order valence-corrected chi connectivity index (χ4v) is 5.32. The van der Waals surface area contributed by atoms with E-state index < -0.39 is 11.9 Å². The van der Waals surface area contributed by atoms with Crippen molar-refractivity contribution < 1.29 is 19.1 Å². The van der Waals surface area contributed by atoms with E-state index in [1.54, 1.807) is 17.5 Å². The number of fused-ring (bicyclic) bond motifs is 2. The average Bonchev–Trinajstić information content (AvgIpc) is 3.43. The Balaban J connectivity index is 1.52. The summed E-state index contributed by atoms with van der Waals surface area (Å²) in [6, 6.07) is 18.8. The largest absolute Gasteiger partial charge is 0.478 e. The van der Waals surface area contributed by atoms with Gasteiger partial charge in [-0.2, -0.15) is 0 Å². The highest BCUT2D eigenvalue weighted by atomic mass is 32.1. The number of carboxylic acids is 1. The molecule has 0 fully saturated rings. The minimum absolute atomic E-state index is 0.0889. The van der Waals surface area contributed by atoms with Crippen LogP contribution in [0.15, 0.2) is 70.5 Å². The molecule has 0 unspecified atom stereocenters. The third kappa shape index (κ3) is 3.10. The van der Waals surface area contributed by atoms with E-state index in [1.165, 1.54) is 22.7 Å². The van der Waals surface area contributed by atoms with Crippen LogP contribution in [0.5, 0.6) is 0 Å². The highest BCUT2D eigenvalue weighted by Gasteiger charge is 2.23. The van der Waals surface area contributed by atoms with Crippen LogP contribution in [-0.2, 0) is 0 Å². The van der Waals surface area contributed by atoms with Crippen LogP contribution in [-0.4, -0.2) is 17.0 Å². The Bertz CT molecular complexity index is 1330. The van der Waals surface area contributed by atoms with Crippen molar-refractivity contribution in [1.82, 2.24) is 0 Å². The number of hydrogen-bond acceptors (Lipinski definition) is 5. The third-order valence-corrected chi connectivity index (χ3v) is 6.62. The monoisotopic (exact) mass is 419 g/mol. The van der Waals surface area contributed by atoms with Crippen molar-refractivity contribution in [2.75, 3.05) is 5.32 Å². The number of aromatic carboxylic acids is 1. The summed E-state index contributed by atoms with van der Waals surface area (Å²) < 4.78 is 6.66. The minimum Gasteiger partial charge on any atom is -0.478 e. The van der Waals surface area contributed by atoms with Gasteiger partial charge in [-0.15, -0.1) is 22.7 Å². The summed E-state index contributed by atoms with van der Waals surface area (Å²) in [6.07, 6.45) is 0. The summed E-state index contributed by atoms with van der Waals surface area (Å²) >= 11 is 2.72. The molecule has 3 heterocycles. The normalized spacial score (nSPS) is 11.2. The molecule has 0 radical (unpaired) electrons. The van der Waals surface area contributed by atoms with Crippen LogP contribution >= 0.6 is 22.7 Å². The molecule has 5 nitrogen and oxygen atoms in total. The molecule has 2 aromatic carbocycles. The zero-order chi connectivity index (χ0) is 20.0. The number of nitrogens with one attached hydrogen (secondary N) is 1. The number of furan rings is 1. The van der Waals surface area contributed by atoms with Gasteiger partial charge in [-0.1, -0.05) is 36.4 Å². The molecule has 1 amide bonds. The molecule has 0 aliphatic heterocycles. The smallest absolute Gasteiger partial charge is 0.339 e. The number of hydrogen-bond donors (Lipinski definition) is 2. The van der Waals surface area contributed by atoms with E-state index in [0.29, 0.717) is 11.1 Å². The molecule has 5 aromatic rings. The number of amides is 1. The Morgan fingerprint density at radius 3 is 2.48 bits per heavy atom. The molecular weight excluding hydrogens is 406 g/mol. The van der Waals surface area contributed by atoms with Gasteiger partial charge in [-0.3, -0.25) is 4.79 Å². The number of thiophene rings is 2. The molecule has 5 rings (SSSR count). The van der Waals surface area contributed by atoms with Crippen molar-refractivity contribution in [3.8, 4) is 10.4 Å². The second-order valence-corrected chi connectivity index (χ2v) is 8.37. The predicted molar refractivity (Wildman–Crippen MR) is 116 cm³/mol. The Labute approximate surface area is 172 Å². The molecule has 0 atom stereocenters. The van der Waals surface area contributed by atoms with Gasteiger partial charge in [0.05, 0.1) is 0 Å². The molecular formula is C22H13NO4S2. The Morgan fingerprint density at radius 1 is 0.966 bits per heavy atom. The van der Waals surface area contributed by atoms with Crippen molar-refractivity contribution in [2.24, 2.45) is 0 Å². The molecule has 3 aromatic heterocycles. The minimum atomic E-state index is -1.08. The Hall–Kier alpha value is -3.42. The van der Waals surface area contributed by atoms with Crippen LogP contribution in [0.4, 0.5) is 5.00 Å². The van der Waals surface area contributed by atoms with E-state index in [-0.39, 0.29) is 16.3 Å². The zero-order valence-corrected chi connectivity index (χ0v) is 16.5. The van der Waals surface area contributed by atoms with Gasteiger partial charge in [-0.05, 0) is 29.7 Å². The number of para-hydroxylation sites is 1. The van der Waals surface area contributed by atoms with Gasteiger partial charge in [0.1, 0.15) is 16.1 Å². The molecule has 7 heteroatoms. The SMILES string of the molecule is O=C(Nc1scc(-c2cc3ccccc3s2)c1C(=O)O)c1cc2ccccc2o1. The molecule has 0 aliphatic rings. The average molecular weight is 419 g/mol. The van der Waals surface area contributed by atoms with Crippen LogP contribution in [0.3, 0.4) is 0 Å². The maximum Gasteiger partial charge on any atom is 0.339 e. The molecule has 0 bridgehead atoms. The number of rotatable bonds is 4. The molecule has 2 N–H and O–H groups in total. The highest BCUT2D eigenvalue weighted by Crippen LogP contribution is 2.41. The van der Waals surface area contributed by atoms with Crippen molar-refractivity contribution in [3.63, 3.8) is 0 Å². The summed E-state index contributed by atoms with van der Waals surface area (Å²) in [7, 11) is 0. The molecule has 0 aliphatic carbocycles. The quantitative estimate of drug-likeness (QED) is 0.357. The van der Waals surface area contributed by atoms with Crippen LogP contribution < -0.4 is 5.32 Å². The van der Waals surface area contributed by atoms with E-state index in [1.807, 2.05) is 48.5 Å². The Morgan fingerprint density at radius 2 is 1.72 bits per heavy atom. The fraction of sp³-hybridized carbons (Fsp3) is 0. The molecule has 0 spiro atoms. The topological polar surface area (TPSA) is 79.5 Å². The lowest BCUT2D eigenvalue weighted by Gasteiger charge is -2.03. The van der Waals surface area contributed by atoms with Gasteiger partial charge in [-0.25, -0.2) is 4.79 Å². The van der Waals surface area contributed by atoms with Crippen molar-refractivity contribution in [3.05, 3.63) is 77.4 Å². The van der Waals surface area contributed by atoms with Gasteiger partial charge in [0, 0.05) is 25.9 Å². The van der Waals surface area contributed by atoms with Crippen molar-refractivity contribution >= 4 is 60.6 Å². The number of benzene rings is 2. The number of carbonyl (C=O) groups excluding carboxylic acids is 1. The zero-order valence-electron chi connectivity index (χ0n) is 14.8. The lowest BCUT2D eigenvalue weighted by Crippen LogP contribution is -2.12. The lowest BCUT2D eigenvalue weighted by molar-refractivity contribution is 0.0699. The summed E-state index contributed by atoms with van der Waals surface area (Å²) in [5.74, 6) is -1.42. The standard InChI is InChI=1S/C22H13NO4S2/c24-20(16-9-12-5-1-3-7-15(12)27-16)23-21-19(22(25)26)14(11-28-21)18-10-13-6-2-4-8-17(13)29-18/h1-11H,(H,23,24)(H,25,26). The highest BCUT2D eigenvalue weighted by molar-refractivity contribution is 7.23. The van der Waals surface area contributed by atoms with E-state index in [9.17, 15) is 14.7 Å². The van der Waals surface area contributed by atoms with E-state index in [4.69, 9.17) is 4.42 Å². The first-order valence-corrected chi connectivity index (χ1v) is 10.4. The predicted octanol–water partition coefficient (Wildman–Crippen LogP) is 6.33. The number of carboxylic acid groups (broad SMARTS) is 1. The number of carbonyl (C=O) groups is 2. The second-order valence-electron chi connectivity index (χ2n) is 6.41. The summed E-state index contributed by atoms with van der Waals surface area (Å²) in [5.41, 5.74) is 1.29. The fourth-order valence-electron chi connectivity index (χ4n) is 3.22. The van der Waals surface area contributed by atoms with Crippen LogP contribution in [0.2, 0.25) is 0 Å². The van der Waals surface area contributed by atoms with Crippen LogP contribution in [0.1, 0.15) is 20.9 Å². The van der Waals surface area contributed by atoms with Gasteiger partial charge in [0.15, 0.2) is 5.76 Å². The molecule has 142 valence electrons. The maximum atomic E-state index is 12.7. The van der Waals surface area contributed by atoms with Gasteiger partial charge in [0.2, 0.25) is 0 Å². The first-order valence-electron chi connectivity index (χ1n) is 8.74. The van der Waals surface area contributed by atoms with Crippen molar-refractivity contribution in [1.29, 1.82) is 0 Å². The van der Waals surface area contributed by atoms with Crippen molar-refractivity contribution in [2.45, 2.75) is 0 Å². The lowest BCUT2D eigenvalue weighted by atomic mass is 10.1. The Kier molecular flexibility index (Phi) is 4.19. The summed E-state index contributed by atoms with van der Waals surface area (Å²) in [4.78, 5) is 25.5. The van der Waals surface area contributed by atoms with Gasteiger partial charge < -0.3 is 14.8 Å². The third-order valence-electron chi connectivity index (χ3n) is 4.57. The first kappa shape index (κ1) is 17.7. The van der Waals surface area contributed by atoms with E-state index in [2.05, 4.69) is 5.32 Å². The summed E-state index contributed by atoms with van der Waals surface area (Å²) in [5, 5.41) is 16.4. The van der Waals surface area contributed by atoms with Crippen LogP contribution in [0, 0.1) is 0 Å². The second kappa shape index (κ2) is 6.88. The number of anilines is 1. The molecule has 0 saturated heterocycles. The summed E-state index contributed by atoms with van der Waals surface area (Å²) in [6.45, 7) is 0. The van der Waals surface area contributed by atoms with E-state index >= 15 is 0 Å². The van der Waals surface area contributed by atoms with Gasteiger partial charge in [0.25, 0.3) is 5.91 Å². The van der Waals surface area contributed by atoms with E-state index in [0.717, 1.165) is 20.3 Å². The molecule has 29 heavy (non-hydrogen) atoms. The molecule has 0 saturated carbocycles.